The molecule has 98 valence electrons. The van der Waals surface area contributed by atoms with Gasteiger partial charge >= 0.3 is 0 Å². The molecular weight excluding hydrogens is 232 g/mol. The number of carbonyl (C=O) groups is 1. The first-order valence-electron chi connectivity index (χ1n) is 6.15. The van der Waals surface area contributed by atoms with Crippen molar-refractivity contribution in [3.05, 3.63) is 23.8 Å². The van der Waals surface area contributed by atoms with E-state index in [1.807, 2.05) is 0 Å². The van der Waals surface area contributed by atoms with Crippen LogP contribution in [-0.2, 0) is 0 Å². The van der Waals surface area contributed by atoms with E-state index >= 15 is 0 Å². The van der Waals surface area contributed by atoms with Crippen LogP contribution in [0.1, 0.15) is 36.0 Å². The van der Waals surface area contributed by atoms with Gasteiger partial charge in [0.1, 0.15) is 12.9 Å². The molecule has 0 radical (unpaired) electrons. The number of hydrogen-bond donors (Lipinski definition) is 1. The largest absolute Gasteiger partial charge is 0.493 e. The smallest absolute Gasteiger partial charge is 0.161 e. The van der Waals surface area contributed by atoms with E-state index in [1.165, 1.54) is 7.11 Å². The highest BCUT2D eigenvalue weighted by Gasteiger charge is 2.32. The Kier molecular flexibility index (Phi) is 3.87. The molecule has 0 unspecified atom stereocenters. The number of carbonyl (C=O) groups excluding carboxylic acids is 1. The number of benzene rings is 1. The third kappa shape index (κ3) is 2.82. The average Bonchev–Trinajstić information content (AvgIpc) is 2.83. The maximum Gasteiger partial charge on any atom is 0.161 e. The highest BCUT2D eigenvalue weighted by molar-refractivity contribution is 5.76. The van der Waals surface area contributed by atoms with Gasteiger partial charge in [0, 0.05) is 5.56 Å². The van der Waals surface area contributed by atoms with Gasteiger partial charge in [0.2, 0.25) is 0 Å². The predicted octanol–water partition coefficient (Wildman–Crippen LogP) is 2.19. The van der Waals surface area contributed by atoms with Crippen molar-refractivity contribution >= 4 is 6.29 Å². The molecule has 18 heavy (non-hydrogen) atoms. The van der Waals surface area contributed by atoms with Crippen LogP contribution in [0.5, 0.6) is 11.5 Å². The lowest BCUT2D eigenvalue weighted by atomic mass is 10.0. The van der Waals surface area contributed by atoms with Crippen LogP contribution in [-0.4, -0.2) is 30.7 Å². The molecule has 4 heteroatoms. The second kappa shape index (κ2) is 5.40. The van der Waals surface area contributed by atoms with Crippen LogP contribution < -0.4 is 9.47 Å². The van der Waals surface area contributed by atoms with E-state index in [1.54, 1.807) is 18.2 Å². The second-order valence-electron chi connectivity index (χ2n) is 4.75. The van der Waals surface area contributed by atoms with Crippen LogP contribution in [0.4, 0.5) is 0 Å². The van der Waals surface area contributed by atoms with Gasteiger partial charge in [-0.15, -0.1) is 0 Å². The summed E-state index contributed by atoms with van der Waals surface area (Å²) in [5, 5.41) is 10.2. The van der Waals surface area contributed by atoms with Gasteiger partial charge in [0.15, 0.2) is 11.5 Å². The van der Waals surface area contributed by atoms with Crippen molar-refractivity contribution in [2.75, 3.05) is 13.7 Å². The number of hydrogen-bond acceptors (Lipinski definition) is 4. The molecule has 0 bridgehead atoms. The quantitative estimate of drug-likeness (QED) is 0.814. The van der Waals surface area contributed by atoms with Gasteiger partial charge in [0.25, 0.3) is 0 Å². The zero-order valence-corrected chi connectivity index (χ0v) is 10.5. The molecule has 1 aliphatic carbocycles. The van der Waals surface area contributed by atoms with Crippen LogP contribution in [0.3, 0.4) is 0 Å². The lowest BCUT2D eigenvalue weighted by molar-refractivity contribution is 0.000727. The molecule has 1 aliphatic rings. The summed E-state index contributed by atoms with van der Waals surface area (Å²) in [6, 6.07) is 4.99. The molecule has 0 atom stereocenters. The Balaban J connectivity index is 2.06. The maximum absolute atomic E-state index is 10.7. The van der Waals surface area contributed by atoms with Crippen molar-refractivity contribution in [2.45, 2.75) is 31.3 Å². The minimum atomic E-state index is -0.714. The van der Waals surface area contributed by atoms with E-state index in [9.17, 15) is 9.90 Å². The van der Waals surface area contributed by atoms with E-state index in [0.717, 1.165) is 32.0 Å². The highest BCUT2D eigenvalue weighted by atomic mass is 16.5. The van der Waals surface area contributed by atoms with Gasteiger partial charge in [-0.1, -0.05) is 12.8 Å². The molecule has 1 aromatic rings. The molecule has 0 saturated heterocycles. The normalized spacial score (nSPS) is 17.4. The molecule has 1 aromatic carbocycles. The van der Waals surface area contributed by atoms with E-state index in [-0.39, 0.29) is 6.61 Å². The number of aliphatic hydroxyl groups is 1. The first-order chi connectivity index (χ1) is 8.67. The number of aldehydes is 1. The summed E-state index contributed by atoms with van der Waals surface area (Å²) >= 11 is 0. The van der Waals surface area contributed by atoms with E-state index in [4.69, 9.17) is 9.47 Å². The zero-order valence-electron chi connectivity index (χ0n) is 10.5. The Morgan fingerprint density at radius 3 is 2.67 bits per heavy atom. The van der Waals surface area contributed by atoms with E-state index < -0.39 is 5.60 Å². The van der Waals surface area contributed by atoms with Gasteiger partial charge in [0.05, 0.1) is 12.7 Å². The zero-order chi connectivity index (χ0) is 13.0. The monoisotopic (exact) mass is 250 g/mol. The molecule has 2 rings (SSSR count). The number of methoxy groups -OCH3 is 1. The lowest BCUT2D eigenvalue weighted by Crippen LogP contribution is -2.32. The molecule has 4 nitrogen and oxygen atoms in total. The SMILES string of the molecule is COc1cc(C=O)ccc1OCC1(O)CCCC1. The minimum Gasteiger partial charge on any atom is -0.493 e. The summed E-state index contributed by atoms with van der Waals surface area (Å²) in [5.41, 5.74) is -0.173. The summed E-state index contributed by atoms with van der Waals surface area (Å²) in [6.07, 6.45) is 4.41. The van der Waals surface area contributed by atoms with E-state index in [2.05, 4.69) is 0 Å². The van der Waals surface area contributed by atoms with Crippen molar-refractivity contribution in [1.29, 1.82) is 0 Å². The lowest BCUT2D eigenvalue weighted by Gasteiger charge is -2.22. The van der Waals surface area contributed by atoms with Crippen molar-refractivity contribution in [1.82, 2.24) is 0 Å². The Labute approximate surface area is 107 Å². The fraction of sp³-hybridized carbons (Fsp3) is 0.500. The van der Waals surface area contributed by atoms with Crippen molar-refractivity contribution in [3.63, 3.8) is 0 Å². The summed E-state index contributed by atoms with van der Waals surface area (Å²) < 4.78 is 10.8. The van der Waals surface area contributed by atoms with Gasteiger partial charge in [-0.05, 0) is 31.0 Å². The van der Waals surface area contributed by atoms with Crippen molar-refractivity contribution < 1.29 is 19.4 Å². The molecule has 1 N–H and O–H groups in total. The standard InChI is InChI=1S/C14H18O4/c1-17-13-8-11(9-15)4-5-12(13)18-10-14(16)6-2-3-7-14/h4-5,8-9,16H,2-3,6-7,10H2,1H3. The Hall–Kier alpha value is -1.55. The predicted molar refractivity (Wildman–Crippen MR) is 67.3 cm³/mol. The Morgan fingerprint density at radius 2 is 2.06 bits per heavy atom. The van der Waals surface area contributed by atoms with Crippen LogP contribution in [0.25, 0.3) is 0 Å². The maximum atomic E-state index is 10.7. The fourth-order valence-electron chi connectivity index (χ4n) is 2.27. The van der Waals surface area contributed by atoms with Crippen LogP contribution in [0, 0.1) is 0 Å². The number of rotatable bonds is 5. The molecule has 0 spiro atoms. The van der Waals surface area contributed by atoms with Crippen molar-refractivity contribution in [3.8, 4) is 11.5 Å². The summed E-state index contributed by atoms with van der Waals surface area (Å²) in [5.74, 6) is 1.07. The number of ether oxygens (including phenoxy) is 2. The Bertz CT molecular complexity index is 422. The third-order valence-corrected chi connectivity index (χ3v) is 3.35. The van der Waals surface area contributed by atoms with Gasteiger partial charge in [-0.25, -0.2) is 0 Å². The van der Waals surface area contributed by atoms with Crippen LogP contribution in [0.2, 0.25) is 0 Å². The minimum absolute atomic E-state index is 0.268. The topological polar surface area (TPSA) is 55.8 Å². The summed E-state index contributed by atoms with van der Waals surface area (Å²) in [7, 11) is 1.53. The highest BCUT2D eigenvalue weighted by Crippen LogP contribution is 2.33. The van der Waals surface area contributed by atoms with Crippen LogP contribution in [0.15, 0.2) is 18.2 Å². The van der Waals surface area contributed by atoms with Gasteiger partial charge in [-0.3, -0.25) is 4.79 Å². The third-order valence-electron chi connectivity index (χ3n) is 3.35. The molecule has 0 amide bonds. The summed E-state index contributed by atoms with van der Waals surface area (Å²) in [4.78, 5) is 10.7. The first-order valence-corrected chi connectivity index (χ1v) is 6.15. The second-order valence-corrected chi connectivity index (χ2v) is 4.75. The van der Waals surface area contributed by atoms with Crippen LogP contribution >= 0.6 is 0 Å². The molecular formula is C14H18O4. The molecule has 0 aromatic heterocycles. The Morgan fingerprint density at radius 1 is 1.33 bits per heavy atom. The molecule has 0 heterocycles. The van der Waals surface area contributed by atoms with E-state index in [0.29, 0.717) is 17.1 Å². The van der Waals surface area contributed by atoms with Gasteiger partial charge < -0.3 is 14.6 Å². The molecule has 1 saturated carbocycles. The van der Waals surface area contributed by atoms with Crippen molar-refractivity contribution in [2.24, 2.45) is 0 Å². The summed E-state index contributed by atoms with van der Waals surface area (Å²) in [6.45, 7) is 0.268. The molecule has 1 fully saturated rings. The fourth-order valence-corrected chi connectivity index (χ4v) is 2.27. The average molecular weight is 250 g/mol. The first kappa shape index (κ1) is 12.9. The molecule has 0 aliphatic heterocycles. The van der Waals surface area contributed by atoms with Gasteiger partial charge in [-0.2, -0.15) is 0 Å².